The van der Waals surface area contributed by atoms with E-state index in [9.17, 15) is 15.1 Å². The molecule has 6 atom stereocenters. The number of aliphatic hydroxyl groups is 1. The summed E-state index contributed by atoms with van der Waals surface area (Å²) < 4.78 is 4.90. The molecule has 6 heteroatoms. The van der Waals surface area contributed by atoms with Crippen LogP contribution in [0, 0.1) is 39.2 Å². The van der Waals surface area contributed by atoms with Crippen molar-refractivity contribution in [3.63, 3.8) is 0 Å². The first-order valence-corrected chi connectivity index (χ1v) is 14.1. The Morgan fingerprint density at radius 3 is 2.38 bits per heavy atom. The van der Waals surface area contributed by atoms with Crippen molar-refractivity contribution in [2.45, 2.75) is 79.6 Å². The summed E-state index contributed by atoms with van der Waals surface area (Å²) in [5.41, 5.74) is 5.18. The summed E-state index contributed by atoms with van der Waals surface area (Å²) in [6, 6.07) is 0. The van der Waals surface area contributed by atoms with Gasteiger partial charge in [-0.1, -0.05) is 51.8 Å². The number of aliphatic hydroxyl groups excluding tert-OH is 1. The number of allylic oxidation sites excluding steroid dienone is 7. The van der Waals surface area contributed by atoms with Crippen LogP contribution in [0.15, 0.2) is 46.3 Å². The van der Waals surface area contributed by atoms with Crippen LogP contribution >= 0.6 is 0 Å². The van der Waals surface area contributed by atoms with Crippen LogP contribution in [0.2, 0.25) is 0 Å². The number of ether oxygens (including phenoxy) is 1. The Balaban J connectivity index is 0.000000349. The van der Waals surface area contributed by atoms with Gasteiger partial charge in [-0.05, 0) is 91.3 Å². The summed E-state index contributed by atoms with van der Waals surface area (Å²) in [4.78, 5) is 12.5. The van der Waals surface area contributed by atoms with Gasteiger partial charge in [-0.3, -0.25) is 4.79 Å². The van der Waals surface area contributed by atoms with Crippen molar-refractivity contribution in [1.29, 1.82) is 0 Å². The van der Waals surface area contributed by atoms with Crippen molar-refractivity contribution >= 4 is 5.78 Å². The second-order valence-corrected chi connectivity index (χ2v) is 13.1. The van der Waals surface area contributed by atoms with Gasteiger partial charge in [-0.25, -0.2) is 0 Å². The second-order valence-electron chi connectivity index (χ2n) is 13.1. The molecule has 5 nitrogen and oxygen atoms in total. The Labute approximate surface area is 265 Å². The van der Waals surface area contributed by atoms with E-state index in [1.165, 1.54) is 38.5 Å². The largest absolute Gasteiger partial charge is 1.00 e. The molecule has 1 N–H and O–H groups in total. The second kappa shape index (κ2) is 11.1. The summed E-state index contributed by atoms with van der Waals surface area (Å²) in [5.74, 6) is 2.13. The van der Waals surface area contributed by atoms with E-state index in [1.54, 1.807) is 11.6 Å². The molecule has 0 aromatic heterocycles. The first-order chi connectivity index (χ1) is 17.0. The minimum atomic E-state index is -0.221. The van der Waals surface area contributed by atoms with Crippen molar-refractivity contribution < 1.29 is 66.0 Å². The molecule has 198 valence electrons. The molecule has 5 aliphatic carbocycles. The smallest absolute Gasteiger partial charge is 0.785 e. The minimum absolute atomic E-state index is 0. The molecule has 0 radical (unpaired) electrons. The standard InChI is InChI=1S/C27H36O2.C4H8NO2.K/c1-16-8-10-25(3)12-13-27(5)19(21(25)14-16)9-11-26(4)20-15-22(28)24(29)17(2)18(20)6-7-23(26)27;6-5-1-3-7-4-2-5;/h6-7,15-16,19,21,29H,8-14H2,1-5H3;1-4H2;/q;-1;+1. The summed E-state index contributed by atoms with van der Waals surface area (Å²) in [6.07, 6.45) is 15.5. The fraction of sp³-hybridized carbons (Fsp3) is 0.710. The molecule has 37 heavy (non-hydrogen) atoms. The molecular formula is C31H44KNO4. The molecule has 0 aromatic carbocycles. The maximum Gasteiger partial charge on any atom is 1.00 e. The number of rotatable bonds is 0. The molecule has 0 aromatic rings. The maximum absolute atomic E-state index is 12.5. The summed E-state index contributed by atoms with van der Waals surface area (Å²) >= 11 is 0. The van der Waals surface area contributed by atoms with Crippen molar-refractivity contribution in [3.8, 4) is 0 Å². The number of carbonyl (C=O) groups excluding carboxylic acids is 1. The van der Waals surface area contributed by atoms with E-state index in [1.807, 2.05) is 6.92 Å². The number of carbonyl (C=O) groups is 1. The normalized spacial score (nSPS) is 41.3. The molecule has 0 amide bonds. The van der Waals surface area contributed by atoms with Gasteiger partial charge < -0.3 is 20.1 Å². The van der Waals surface area contributed by atoms with E-state index in [2.05, 4.69) is 39.8 Å². The van der Waals surface area contributed by atoms with Crippen LogP contribution in [0.5, 0.6) is 0 Å². The zero-order valence-electron chi connectivity index (χ0n) is 23.9. The number of ketones is 1. The first-order valence-electron chi connectivity index (χ1n) is 14.1. The fourth-order valence-corrected chi connectivity index (χ4v) is 8.63. The zero-order valence-corrected chi connectivity index (χ0v) is 27.0. The summed E-state index contributed by atoms with van der Waals surface area (Å²) in [6.45, 7) is 14.1. The molecule has 6 unspecified atom stereocenters. The van der Waals surface area contributed by atoms with E-state index in [0.717, 1.165) is 46.0 Å². The van der Waals surface area contributed by atoms with E-state index in [4.69, 9.17) is 4.74 Å². The van der Waals surface area contributed by atoms with Crippen LogP contribution in [0.25, 0.3) is 0 Å². The quantitative estimate of drug-likeness (QED) is 0.481. The Morgan fingerprint density at radius 2 is 1.73 bits per heavy atom. The average Bonchev–Trinajstić information content (AvgIpc) is 2.84. The number of fused-ring (bicyclic) bond motifs is 7. The van der Waals surface area contributed by atoms with Gasteiger partial charge in [0, 0.05) is 24.1 Å². The third-order valence-electron chi connectivity index (χ3n) is 11.0. The van der Waals surface area contributed by atoms with Crippen molar-refractivity contribution in [2.24, 2.45) is 34.0 Å². The fourth-order valence-electron chi connectivity index (χ4n) is 8.63. The van der Waals surface area contributed by atoms with Gasteiger partial charge in [0.05, 0.1) is 13.2 Å². The van der Waals surface area contributed by atoms with Gasteiger partial charge in [0.25, 0.3) is 0 Å². The summed E-state index contributed by atoms with van der Waals surface area (Å²) in [7, 11) is 0. The van der Waals surface area contributed by atoms with Crippen LogP contribution in [0.1, 0.15) is 79.6 Å². The number of hydroxylamine groups is 2. The zero-order chi connectivity index (χ0) is 25.9. The minimum Gasteiger partial charge on any atom is -0.785 e. The van der Waals surface area contributed by atoms with Crippen LogP contribution in [-0.4, -0.2) is 42.3 Å². The van der Waals surface area contributed by atoms with Gasteiger partial charge in [0.15, 0.2) is 5.76 Å². The van der Waals surface area contributed by atoms with Gasteiger partial charge in [0.2, 0.25) is 5.78 Å². The van der Waals surface area contributed by atoms with Gasteiger partial charge in [0.1, 0.15) is 0 Å². The molecule has 0 spiro atoms. The van der Waals surface area contributed by atoms with Crippen LogP contribution in [-0.2, 0) is 9.53 Å². The van der Waals surface area contributed by atoms with Crippen LogP contribution in [0.4, 0.5) is 0 Å². The molecule has 3 saturated carbocycles. The Morgan fingerprint density at radius 1 is 1.03 bits per heavy atom. The SMILES string of the molecule is CC1=C(O)C(=O)C=C2C1=CC=C1C2(C)CCC2C3CC(C)CCC3(C)CCC12C.[K+].[O-]N1CCOCC1. The molecular weight excluding hydrogens is 489 g/mol. The van der Waals surface area contributed by atoms with Crippen molar-refractivity contribution in [2.75, 3.05) is 26.3 Å². The molecule has 1 saturated heterocycles. The Hall–Kier alpha value is -0.0536. The molecule has 0 bridgehead atoms. The molecule has 6 rings (SSSR count). The monoisotopic (exact) mass is 533 g/mol. The van der Waals surface area contributed by atoms with Crippen LogP contribution < -0.4 is 51.4 Å². The molecule has 1 heterocycles. The first kappa shape index (κ1) is 29.9. The predicted octanol–water partition coefficient (Wildman–Crippen LogP) is 3.67. The average molecular weight is 534 g/mol. The molecule has 4 fully saturated rings. The third-order valence-corrected chi connectivity index (χ3v) is 11.0. The third kappa shape index (κ3) is 5.12. The van der Waals surface area contributed by atoms with Crippen molar-refractivity contribution in [1.82, 2.24) is 5.06 Å². The van der Waals surface area contributed by atoms with E-state index >= 15 is 0 Å². The predicted molar refractivity (Wildman–Crippen MR) is 143 cm³/mol. The van der Waals surface area contributed by atoms with E-state index < -0.39 is 0 Å². The Kier molecular flexibility index (Phi) is 8.96. The maximum atomic E-state index is 12.5. The molecule has 6 aliphatic rings. The Bertz CT molecular complexity index is 1050. The number of hydrogen-bond acceptors (Lipinski definition) is 5. The summed E-state index contributed by atoms with van der Waals surface area (Å²) in [5, 5.41) is 21.5. The van der Waals surface area contributed by atoms with E-state index in [0.29, 0.717) is 31.7 Å². The topological polar surface area (TPSA) is 72.8 Å². The van der Waals surface area contributed by atoms with Gasteiger partial charge in [-0.2, -0.15) is 0 Å². The number of nitrogens with zero attached hydrogens (tertiary/aromatic N) is 1. The van der Waals surface area contributed by atoms with E-state index in [-0.39, 0.29) is 73.8 Å². The van der Waals surface area contributed by atoms with Crippen molar-refractivity contribution in [3.05, 3.63) is 51.5 Å². The number of morpholine rings is 1. The van der Waals surface area contributed by atoms with Gasteiger partial charge >= 0.3 is 51.4 Å². The number of hydrogen-bond donors (Lipinski definition) is 1. The molecule has 1 aliphatic heterocycles. The van der Waals surface area contributed by atoms with Gasteiger partial charge in [-0.15, -0.1) is 0 Å². The van der Waals surface area contributed by atoms with Crippen LogP contribution in [0.3, 0.4) is 0 Å².